The maximum Gasteiger partial charge on any atom is 0.315 e. The summed E-state index contributed by atoms with van der Waals surface area (Å²) in [6, 6.07) is 13.9. The number of aryl methyl sites for hydroxylation is 2. The predicted octanol–water partition coefficient (Wildman–Crippen LogP) is 4.78. The first-order valence-electron chi connectivity index (χ1n) is 8.52. The van der Waals surface area contributed by atoms with Gasteiger partial charge in [0, 0.05) is 11.6 Å². The molecule has 0 aromatic heterocycles. The Kier molecular flexibility index (Phi) is 5.41. The lowest BCUT2D eigenvalue weighted by Crippen LogP contribution is -2.36. The maximum absolute atomic E-state index is 12.1. The molecule has 0 aliphatic heterocycles. The van der Waals surface area contributed by atoms with Crippen molar-refractivity contribution in [3.63, 3.8) is 0 Å². The standard InChI is InChI=1S/C20H23ClN2O/c1-14(17-10-9-16-6-2-3-7-18(16)12-17)23-20(24)22-13-15-5-4-8-19(21)11-15/h4-5,8-12,14H,2-3,6-7,13H2,1H3,(H2,22,23,24). The van der Waals surface area contributed by atoms with Crippen molar-refractivity contribution >= 4 is 17.6 Å². The molecule has 1 aliphatic rings. The minimum Gasteiger partial charge on any atom is -0.334 e. The minimum atomic E-state index is -0.166. The van der Waals surface area contributed by atoms with Gasteiger partial charge in [-0.1, -0.05) is 41.9 Å². The van der Waals surface area contributed by atoms with Crippen LogP contribution in [-0.4, -0.2) is 6.03 Å². The van der Waals surface area contributed by atoms with Crippen LogP contribution in [0.1, 0.15) is 48.1 Å². The molecule has 0 saturated heterocycles. The summed E-state index contributed by atoms with van der Waals surface area (Å²) in [7, 11) is 0. The van der Waals surface area contributed by atoms with E-state index in [1.165, 1.54) is 30.4 Å². The third-order valence-electron chi connectivity index (χ3n) is 4.56. The van der Waals surface area contributed by atoms with Crippen LogP contribution < -0.4 is 10.6 Å². The molecule has 0 heterocycles. The summed E-state index contributed by atoms with van der Waals surface area (Å²) < 4.78 is 0. The summed E-state index contributed by atoms with van der Waals surface area (Å²) in [5, 5.41) is 6.56. The summed E-state index contributed by atoms with van der Waals surface area (Å²) in [4.78, 5) is 12.1. The van der Waals surface area contributed by atoms with Gasteiger partial charge in [0.2, 0.25) is 0 Å². The smallest absolute Gasteiger partial charge is 0.315 e. The van der Waals surface area contributed by atoms with Crippen molar-refractivity contribution < 1.29 is 4.79 Å². The number of carbonyl (C=O) groups excluding carboxylic acids is 1. The summed E-state index contributed by atoms with van der Waals surface area (Å²) >= 11 is 5.95. The second-order valence-electron chi connectivity index (χ2n) is 6.41. The molecule has 3 nitrogen and oxygen atoms in total. The van der Waals surface area contributed by atoms with E-state index in [2.05, 4.69) is 28.8 Å². The van der Waals surface area contributed by atoms with Crippen LogP contribution in [0.2, 0.25) is 5.02 Å². The fourth-order valence-corrected chi connectivity index (χ4v) is 3.40. The van der Waals surface area contributed by atoms with Gasteiger partial charge in [-0.05, 0) is 67.0 Å². The number of fused-ring (bicyclic) bond motifs is 1. The molecule has 24 heavy (non-hydrogen) atoms. The molecule has 2 N–H and O–H groups in total. The van der Waals surface area contributed by atoms with Crippen LogP contribution in [-0.2, 0) is 19.4 Å². The van der Waals surface area contributed by atoms with Gasteiger partial charge in [-0.15, -0.1) is 0 Å². The Hall–Kier alpha value is -2.00. The second-order valence-corrected chi connectivity index (χ2v) is 6.85. The van der Waals surface area contributed by atoms with E-state index in [1.54, 1.807) is 0 Å². The van der Waals surface area contributed by atoms with Gasteiger partial charge in [0.25, 0.3) is 0 Å². The molecular formula is C20H23ClN2O. The van der Waals surface area contributed by atoms with Crippen molar-refractivity contribution in [1.29, 1.82) is 0 Å². The maximum atomic E-state index is 12.1. The molecule has 0 radical (unpaired) electrons. The highest BCUT2D eigenvalue weighted by molar-refractivity contribution is 6.30. The molecule has 0 bridgehead atoms. The fraction of sp³-hybridized carbons (Fsp3) is 0.350. The van der Waals surface area contributed by atoms with Crippen LogP contribution in [0.3, 0.4) is 0 Å². The number of carbonyl (C=O) groups is 1. The summed E-state index contributed by atoms with van der Waals surface area (Å²) in [6.45, 7) is 2.48. The van der Waals surface area contributed by atoms with Crippen molar-refractivity contribution in [3.05, 3.63) is 69.7 Å². The van der Waals surface area contributed by atoms with Gasteiger partial charge < -0.3 is 10.6 Å². The molecule has 1 aliphatic carbocycles. The molecule has 2 aromatic rings. The Labute approximate surface area is 148 Å². The van der Waals surface area contributed by atoms with Gasteiger partial charge >= 0.3 is 6.03 Å². The van der Waals surface area contributed by atoms with Gasteiger partial charge in [0.1, 0.15) is 0 Å². The number of urea groups is 1. The zero-order valence-corrected chi connectivity index (χ0v) is 14.7. The third-order valence-corrected chi connectivity index (χ3v) is 4.80. The molecule has 1 unspecified atom stereocenters. The summed E-state index contributed by atoms with van der Waals surface area (Å²) in [5.41, 5.74) is 5.04. The van der Waals surface area contributed by atoms with E-state index in [9.17, 15) is 4.79 Å². The molecule has 1 atom stereocenters. The molecule has 0 spiro atoms. The second kappa shape index (κ2) is 7.71. The lowest BCUT2D eigenvalue weighted by molar-refractivity contribution is 0.237. The van der Waals surface area contributed by atoms with Crippen LogP contribution >= 0.6 is 11.6 Å². The number of rotatable bonds is 4. The number of halogens is 1. The normalized spacial score (nSPS) is 14.6. The van der Waals surface area contributed by atoms with Crippen LogP contribution in [0.25, 0.3) is 0 Å². The van der Waals surface area contributed by atoms with E-state index in [0.29, 0.717) is 11.6 Å². The third kappa shape index (κ3) is 4.30. The zero-order chi connectivity index (χ0) is 16.9. The number of nitrogens with one attached hydrogen (secondary N) is 2. The van der Waals surface area contributed by atoms with Crippen molar-refractivity contribution in [2.24, 2.45) is 0 Å². The highest BCUT2D eigenvalue weighted by Gasteiger charge is 2.14. The van der Waals surface area contributed by atoms with E-state index in [-0.39, 0.29) is 12.1 Å². The van der Waals surface area contributed by atoms with Crippen molar-refractivity contribution in [2.75, 3.05) is 0 Å². The first-order valence-corrected chi connectivity index (χ1v) is 8.90. The highest BCUT2D eigenvalue weighted by Crippen LogP contribution is 2.24. The van der Waals surface area contributed by atoms with Gasteiger partial charge in [-0.25, -0.2) is 4.79 Å². The average molecular weight is 343 g/mol. The van der Waals surface area contributed by atoms with Crippen LogP contribution in [0, 0.1) is 0 Å². The van der Waals surface area contributed by atoms with E-state index in [0.717, 1.165) is 17.5 Å². The largest absolute Gasteiger partial charge is 0.334 e. The lowest BCUT2D eigenvalue weighted by atomic mass is 9.89. The molecule has 126 valence electrons. The first-order chi connectivity index (χ1) is 11.6. The Bertz CT molecular complexity index is 729. The van der Waals surface area contributed by atoms with Crippen molar-refractivity contribution in [1.82, 2.24) is 10.6 Å². The van der Waals surface area contributed by atoms with Gasteiger partial charge in [0.05, 0.1) is 6.04 Å². The molecule has 2 aromatic carbocycles. The van der Waals surface area contributed by atoms with Crippen LogP contribution in [0.5, 0.6) is 0 Å². The molecule has 0 fully saturated rings. The molecule has 0 saturated carbocycles. The summed E-state index contributed by atoms with van der Waals surface area (Å²) in [5.74, 6) is 0. The molecule has 2 amide bonds. The van der Waals surface area contributed by atoms with Gasteiger partial charge in [-0.2, -0.15) is 0 Å². The Morgan fingerprint density at radius 1 is 1.12 bits per heavy atom. The van der Waals surface area contributed by atoms with Gasteiger partial charge in [-0.3, -0.25) is 0 Å². The number of hydrogen-bond acceptors (Lipinski definition) is 1. The average Bonchev–Trinajstić information content (AvgIpc) is 2.59. The van der Waals surface area contributed by atoms with Crippen LogP contribution in [0.4, 0.5) is 4.79 Å². The first kappa shape index (κ1) is 16.8. The molecule has 4 heteroatoms. The quantitative estimate of drug-likeness (QED) is 0.824. The van der Waals surface area contributed by atoms with E-state index < -0.39 is 0 Å². The summed E-state index contributed by atoms with van der Waals surface area (Å²) in [6.07, 6.45) is 4.87. The van der Waals surface area contributed by atoms with E-state index in [1.807, 2.05) is 31.2 Å². The fourth-order valence-electron chi connectivity index (χ4n) is 3.18. The predicted molar refractivity (Wildman–Crippen MR) is 98.3 cm³/mol. The minimum absolute atomic E-state index is 0.0170. The van der Waals surface area contributed by atoms with E-state index in [4.69, 9.17) is 11.6 Å². The monoisotopic (exact) mass is 342 g/mol. The van der Waals surface area contributed by atoms with Crippen molar-refractivity contribution in [2.45, 2.75) is 45.2 Å². The Morgan fingerprint density at radius 2 is 1.92 bits per heavy atom. The Morgan fingerprint density at radius 3 is 2.71 bits per heavy atom. The van der Waals surface area contributed by atoms with Crippen molar-refractivity contribution in [3.8, 4) is 0 Å². The highest BCUT2D eigenvalue weighted by atomic mass is 35.5. The SMILES string of the molecule is CC(NC(=O)NCc1cccc(Cl)c1)c1ccc2c(c1)CCCC2. The van der Waals surface area contributed by atoms with E-state index >= 15 is 0 Å². The molecule has 3 rings (SSSR count). The topological polar surface area (TPSA) is 41.1 Å². The zero-order valence-electron chi connectivity index (χ0n) is 13.9. The molecular weight excluding hydrogens is 320 g/mol. The number of hydrogen-bond donors (Lipinski definition) is 2. The number of benzene rings is 2. The Balaban J connectivity index is 1.56. The lowest BCUT2D eigenvalue weighted by Gasteiger charge is -2.20. The van der Waals surface area contributed by atoms with Crippen LogP contribution in [0.15, 0.2) is 42.5 Å². The van der Waals surface area contributed by atoms with Gasteiger partial charge in [0.15, 0.2) is 0 Å². The number of amides is 2.